The summed E-state index contributed by atoms with van der Waals surface area (Å²) in [5.74, 6) is -0.218. The van der Waals surface area contributed by atoms with Gasteiger partial charge in [-0.05, 0) is 38.0 Å². The molecular weight excluding hydrogens is 274 g/mol. The van der Waals surface area contributed by atoms with Crippen molar-refractivity contribution in [2.75, 3.05) is 17.2 Å². The molecule has 0 aliphatic heterocycles. The smallest absolute Gasteiger partial charge is 0.224 e. The van der Waals surface area contributed by atoms with Crippen LogP contribution in [0.25, 0.3) is 0 Å². The van der Waals surface area contributed by atoms with Gasteiger partial charge in [-0.2, -0.15) is 4.98 Å². The third-order valence-electron chi connectivity index (χ3n) is 2.92. The quantitative estimate of drug-likeness (QED) is 0.858. The van der Waals surface area contributed by atoms with Crippen molar-refractivity contribution >= 4 is 11.8 Å². The molecule has 2 N–H and O–H groups in total. The minimum atomic E-state index is -0.498. The van der Waals surface area contributed by atoms with Gasteiger partial charge in [-0.15, -0.1) is 0 Å². The Hall–Kier alpha value is -2.24. The molecule has 0 bridgehead atoms. The van der Waals surface area contributed by atoms with Gasteiger partial charge in [0.2, 0.25) is 5.95 Å². The number of hydrogen-bond acceptors (Lipinski definition) is 4. The Morgan fingerprint density at radius 3 is 2.57 bits per heavy atom. The zero-order valence-corrected chi connectivity index (χ0v) is 12.0. The average Bonchev–Trinajstić information content (AvgIpc) is 2.45. The van der Waals surface area contributed by atoms with Crippen LogP contribution in [0.4, 0.5) is 20.5 Å². The first-order chi connectivity index (χ1) is 10.1. The highest BCUT2D eigenvalue weighted by Gasteiger charge is 2.10. The molecule has 0 spiro atoms. The van der Waals surface area contributed by atoms with Crippen LogP contribution >= 0.6 is 0 Å². The molecule has 0 aliphatic rings. The number of halogens is 2. The van der Waals surface area contributed by atoms with Crippen LogP contribution in [0, 0.1) is 11.6 Å². The van der Waals surface area contributed by atoms with E-state index in [9.17, 15) is 8.78 Å². The third-order valence-corrected chi connectivity index (χ3v) is 2.92. The molecule has 0 saturated carbocycles. The molecule has 0 saturated heterocycles. The number of rotatable bonds is 6. The van der Waals surface area contributed by atoms with Gasteiger partial charge in [0.15, 0.2) is 11.6 Å². The van der Waals surface area contributed by atoms with Gasteiger partial charge in [0.1, 0.15) is 5.82 Å². The lowest BCUT2D eigenvalue weighted by Gasteiger charge is -2.15. The topological polar surface area (TPSA) is 49.8 Å². The van der Waals surface area contributed by atoms with Gasteiger partial charge in [0.25, 0.3) is 0 Å². The van der Waals surface area contributed by atoms with E-state index in [1.165, 1.54) is 12.1 Å². The molecule has 1 atom stereocenters. The Balaban J connectivity index is 2.03. The van der Waals surface area contributed by atoms with Crippen molar-refractivity contribution in [2.45, 2.75) is 26.3 Å². The Morgan fingerprint density at radius 2 is 1.90 bits per heavy atom. The number of aromatic nitrogens is 2. The molecule has 21 heavy (non-hydrogen) atoms. The molecule has 1 heterocycles. The molecule has 4 nitrogen and oxygen atoms in total. The molecule has 1 aromatic heterocycles. The van der Waals surface area contributed by atoms with Crippen LogP contribution in [0.2, 0.25) is 0 Å². The van der Waals surface area contributed by atoms with Gasteiger partial charge in [0.05, 0.1) is 6.20 Å². The van der Waals surface area contributed by atoms with Crippen LogP contribution in [-0.2, 0) is 6.42 Å². The molecule has 0 aliphatic carbocycles. The van der Waals surface area contributed by atoms with Gasteiger partial charge in [-0.25, -0.2) is 13.8 Å². The van der Waals surface area contributed by atoms with E-state index in [2.05, 4.69) is 20.6 Å². The molecule has 6 heteroatoms. The van der Waals surface area contributed by atoms with E-state index in [-0.39, 0.29) is 17.7 Å². The highest BCUT2D eigenvalue weighted by molar-refractivity contribution is 5.42. The summed E-state index contributed by atoms with van der Waals surface area (Å²) >= 11 is 0. The average molecular weight is 292 g/mol. The maximum Gasteiger partial charge on any atom is 0.224 e. The fraction of sp³-hybridized carbons (Fsp3) is 0.333. The molecule has 112 valence electrons. The summed E-state index contributed by atoms with van der Waals surface area (Å²) in [6.45, 7) is 4.49. The Bertz CT molecular complexity index is 587. The SMILES string of the molecule is CCNc1ncc(F)c(NC(C)Cc2ccc(F)cc2)n1. The van der Waals surface area contributed by atoms with Gasteiger partial charge >= 0.3 is 0 Å². The van der Waals surface area contributed by atoms with Crippen LogP contribution in [0.15, 0.2) is 30.5 Å². The number of nitrogens with one attached hydrogen (secondary N) is 2. The number of nitrogens with zero attached hydrogens (tertiary/aromatic N) is 2. The fourth-order valence-electron chi connectivity index (χ4n) is 1.97. The zero-order valence-electron chi connectivity index (χ0n) is 12.0. The van der Waals surface area contributed by atoms with Gasteiger partial charge < -0.3 is 10.6 Å². The monoisotopic (exact) mass is 292 g/mol. The lowest BCUT2D eigenvalue weighted by atomic mass is 10.1. The van der Waals surface area contributed by atoms with E-state index < -0.39 is 5.82 Å². The summed E-state index contributed by atoms with van der Waals surface area (Å²) in [5, 5.41) is 5.95. The number of anilines is 2. The molecule has 2 rings (SSSR count). The maximum atomic E-state index is 13.7. The predicted molar refractivity (Wildman–Crippen MR) is 79.3 cm³/mol. The van der Waals surface area contributed by atoms with Crippen molar-refractivity contribution in [1.29, 1.82) is 0 Å². The first-order valence-electron chi connectivity index (χ1n) is 6.86. The number of hydrogen-bond donors (Lipinski definition) is 2. The predicted octanol–water partition coefficient (Wildman–Crippen LogP) is 3.23. The van der Waals surface area contributed by atoms with Crippen molar-refractivity contribution in [3.8, 4) is 0 Å². The van der Waals surface area contributed by atoms with Crippen LogP contribution < -0.4 is 10.6 Å². The summed E-state index contributed by atoms with van der Waals surface area (Å²) < 4.78 is 26.5. The third kappa shape index (κ3) is 4.37. The van der Waals surface area contributed by atoms with E-state index in [0.717, 1.165) is 11.8 Å². The largest absolute Gasteiger partial charge is 0.365 e. The summed E-state index contributed by atoms with van der Waals surface area (Å²) in [4.78, 5) is 7.94. The van der Waals surface area contributed by atoms with Crippen molar-refractivity contribution in [2.24, 2.45) is 0 Å². The summed E-state index contributed by atoms with van der Waals surface area (Å²) in [6, 6.07) is 6.21. The lowest BCUT2D eigenvalue weighted by molar-refractivity contribution is 0.612. The highest BCUT2D eigenvalue weighted by atomic mass is 19.1. The van der Waals surface area contributed by atoms with Crippen molar-refractivity contribution < 1.29 is 8.78 Å². The van der Waals surface area contributed by atoms with Crippen LogP contribution in [0.1, 0.15) is 19.4 Å². The molecule has 0 fully saturated rings. The lowest BCUT2D eigenvalue weighted by Crippen LogP contribution is -2.20. The molecule has 0 amide bonds. The van der Waals surface area contributed by atoms with E-state index in [0.29, 0.717) is 18.9 Å². The second-order valence-electron chi connectivity index (χ2n) is 4.80. The first kappa shape index (κ1) is 15.2. The maximum absolute atomic E-state index is 13.7. The van der Waals surface area contributed by atoms with E-state index >= 15 is 0 Å². The summed E-state index contributed by atoms with van der Waals surface area (Å²) in [6.07, 6.45) is 1.78. The molecular formula is C15H18F2N4. The molecule has 1 unspecified atom stereocenters. The Kier molecular flexibility index (Phi) is 5.03. The van der Waals surface area contributed by atoms with Crippen LogP contribution in [0.3, 0.4) is 0 Å². The second kappa shape index (κ2) is 6.97. The van der Waals surface area contributed by atoms with Crippen LogP contribution in [0.5, 0.6) is 0 Å². The highest BCUT2D eigenvalue weighted by Crippen LogP contribution is 2.15. The van der Waals surface area contributed by atoms with Crippen molar-refractivity contribution in [3.63, 3.8) is 0 Å². The second-order valence-corrected chi connectivity index (χ2v) is 4.80. The molecule has 2 aromatic rings. The zero-order chi connectivity index (χ0) is 15.2. The minimum Gasteiger partial charge on any atom is -0.365 e. The van der Waals surface area contributed by atoms with E-state index in [1.54, 1.807) is 12.1 Å². The van der Waals surface area contributed by atoms with E-state index in [4.69, 9.17) is 0 Å². The minimum absolute atomic E-state index is 0.0469. The fourth-order valence-corrected chi connectivity index (χ4v) is 1.97. The molecule has 0 radical (unpaired) electrons. The number of benzene rings is 1. The van der Waals surface area contributed by atoms with Gasteiger partial charge in [0, 0.05) is 12.6 Å². The Labute approximate surface area is 122 Å². The summed E-state index contributed by atoms with van der Waals surface area (Å²) in [7, 11) is 0. The van der Waals surface area contributed by atoms with Gasteiger partial charge in [-0.1, -0.05) is 12.1 Å². The standard InChI is InChI=1S/C15H18F2N4/c1-3-18-15-19-9-13(17)14(21-15)20-10(2)8-11-4-6-12(16)7-5-11/h4-7,9-10H,3,8H2,1-2H3,(H2,18,19,20,21). The van der Waals surface area contributed by atoms with E-state index in [1.807, 2.05) is 13.8 Å². The normalized spacial score (nSPS) is 12.0. The van der Waals surface area contributed by atoms with Crippen molar-refractivity contribution in [3.05, 3.63) is 47.7 Å². The first-order valence-corrected chi connectivity index (χ1v) is 6.86. The summed E-state index contributed by atoms with van der Waals surface area (Å²) in [5.41, 5.74) is 0.970. The van der Waals surface area contributed by atoms with Crippen LogP contribution in [-0.4, -0.2) is 22.6 Å². The van der Waals surface area contributed by atoms with Crippen molar-refractivity contribution in [1.82, 2.24) is 9.97 Å². The Morgan fingerprint density at radius 1 is 1.19 bits per heavy atom. The van der Waals surface area contributed by atoms with Gasteiger partial charge in [-0.3, -0.25) is 0 Å². The molecule has 1 aromatic carbocycles.